The third kappa shape index (κ3) is 6.41. The van der Waals surface area contributed by atoms with Crippen molar-refractivity contribution in [1.82, 2.24) is 0 Å². The monoisotopic (exact) mass is 238 g/mol. The Labute approximate surface area is 103 Å². The van der Waals surface area contributed by atoms with Gasteiger partial charge in [0.1, 0.15) is 0 Å². The van der Waals surface area contributed by atoms with Gasteiger partial charge in [0.25, 0.3) is 0 Å². The van der Waals surface area contributed by atoms with E-state index in [2.05, 4.69) is 0 Å². The van der Waals surface area contributed by atoms with Crippen LogP contribution in [0.4, 0.5) is 0 Å². The van der Waals surface area contributed by atoms with Crippen molar-refractivity contribution >= 4 is 0 Å². The molecule has 1 aromatic carbocycles. The molecule has 0 aliphatic rings. The summed E-state index contributed by atoms with van der Waals surface area (Å²) in [5, 5.41) is 17.6. The first kappa shape index (κ1) is 14.2. The molecule has 2 N–H and O–H groups in total. The molecule has 0 radical (unpaired) electrons. The van der Waals surface area contributed by atoms with Crippen LogP contribution in [-0.4, -0.2) is 29.5 Å². The van der Waals surface area contributed by atoms with Gasteiger partial charge < -0.3 is 14.9 Å². The standard InChI is InChI=1S/C14H22O3/c15-10-4-8-14(9-5-11-16)17-12-13-6-2-1-3-7-13/h1-3,6-7,14-16H,4-5,8-12H2. The van der Waals surface area contributed by atoms with Crippen molar-refractivity contribution in [3.63, 3.8) is 0 Å². The minimum atomic E-state index is 0.134. The lowest BCUT2D eigenvalue weighted by Gasteiger charge is -2.17. The average Bonchev–Trinajstić information content (AvgIpc) is 2.39. The number of aliphatic hydroxyl groups excluding tert-OH is 2. The molecule has 0 saturated heterocycles. The SMILES string of the molecule is OCCCC(CCCO)OCc1ccccc1. The molecule has 0 atom stereocenters. The molecule has 0 saturated carbocycles. The largest absolute Gasteiger partial charge is 0.396 e. The summed E-state index contributed by atoms with van der Waals surface area (Å²) in [7, 11) is 0. The molecule has 1 aromatic rings. The summed E-state index contributed by atoms with van der Waals surface area (Å²) in [6, 6.07) is 10.0. The number of aliphatic hydroxyl groups is 2. The lowest BCUT2D eigenvalue weighted by Crippen LogP contribution is -2.14. The molecule has 0 aromatic heterocycles. The molecule has 0 aliphatic carbocycles. The van der Waals surface area contributed by atoms with Crippen LogP contribution in [0.25, 0.3) is 0 Å². The molecule has 0 unspecified atom stereocenters. The highest BCUT2D eigenvalue weighted by atomic mass is 16.5. The van der Waals surface area contributed by atoms with Gasteiger partial charge in [0, 0.05) is 13.2 Å². The maximum absolute atomic E-state index is 8.82. The minimum Gasteiger partial charge on any atom is -0.396 e. The van der Waals surface area contributed by atoms with Crippen LogP contribution in [0.15, 0.2) is 30.3 Å². The molecular weight excluding hydrogens is 216 g/mol. The predicted octanol–water partition coefficient (Wildman–Crippen LogP) is 2.12. The van der Waals surface area contributed by atoms with E-state index in [0.29, 0.717) is 6.61 Å². The Morgan fingerprint density at radius 2 is 1.53 bits per heavy atom. The van der Waals surface area contributed by atoms with Gasteiger partial charge in [-0.3, -0.25) is 0 Å². The molecule has 0 heterocycles. The number of hydrogen-bond donors (Lipinski definition) is 2. The first-order valence-electron chi connectivity index (χ1n) is 6.24. The van der Waals surface area contributed by atoms with Gasteiger partial charge in [-0.2, -0.15) is 0 Å². The number of rotatable bonds is 9. The van der Waals surface area contributed by atoms with E-state index in [1.807, 2.05) is 30.3 Å². The third-order valence-electron chi connectivity index (χ3n) is 2.70. The summed E-state index contributed by atoms with van der Waals surface area (Å²) in [6.07, 6.45) is 3.34. The molecule has 3 heteroatoms. The van der Waals surface area contributed by atoms with E-state index in [1.54, 1.807) is 0 Å². The number of hydrogen-bond acceptors (Lipinski definition) is 3. The first-order valence-corrected chi connectivity index (χ1v) is 6.24. The van der Waals surface area contributed by atoms with Gasteiger partial charge in [0.05, 0.1) is 12.7 Å². The Morgan fingerprint density at radius 1 is 0.941 bits per heavy atom. The van der Waals surface area contributed by atoms with Crippen molar-refractivity contribution in [2.75, 3.05) is 13.2 Å². The van der Waals surface area contributed by atoms with Gasteiger partial charge in [-0.1, -0.05) is 30.3 Å². The molecule has 96 valence electrons. The Morgan fingerprint density at radius 3 is 2.06 bits per heavy atom. The summed E-state index contributed by atoms with van der Waals surface area (Å²) in [6.45, 7) is 0.997. The summed E-state index contributed by atoms with van der Waals surface area (Å²) >= 11 is 0. The molecule has 0 spiro atoms. The second-order valence-electron chi connectivity index (χ2n) is 4.15. The predicted molar refractivity (Wildman–Crippen MR) is 67.7 cm³/mol. The maximum atomic E-state index is 8.82. The van der Waals surface area contributed by atoms with Crippen molar-refractivity contribution in [1.29, 1.82) is 0 Å². The first-order chi connectivity index (χ1) is 8.36. The van der Waals surface area contributed by atoms with Gasteiger partial charge in [0.2, 0.25) is 0 Å². The smallest absolute Gasteiger partial charge is 0.0720 e. The minimum absolute atomic E-state index is 0.134. The second-order valence-corrected chi connectivity index (χ2v) is 4.15. The van der Waals surface area contributed by atoms with Gasteiger partial charge in [-0.25, -0.2) is 0 Å². The van der Waals surface area contributed by atoms with Crippen LogP contribution in [0.5, 0.6) is 0 Å². The molecule has 0 bridgehead atoms. The highest BCUT2D eigenvalue weighted by molar-refractivity contribution is 5.13. The Kier molecular flexibility index (Phi) is 7.63. The van der Waals surface area contributed by atoms with Crippen LogP contribution < -0.4 is 0 Å². The zero-order chi connectivity index (χ0) is 12.3. The van der Waals surface area contributed by atoms with Crippen LogP contribution in [0.2, 0.25) is 0 Å². The molecule has 1 rings (SSSR count). The Bertz CT molecular complexity index is 266. The van der Waals surface area contributed by atoms with Crippen molar-refractivity contribution in [2.24, 2.45) is 0 Å². The Hall–Kier alpha value is -0.900. The molecular formula is C14H22O3. The summed E-state index contributed by atoms with van der Waals surface area (Å²) in [5.41, 5.74) is 1.16. The third-order valence-corrected chi connectivity index (χ3v) is 2.70. The van der Waals surface area contributed by atoms with E-state index >= 15 is 0 Å². The fraction of sp³-hybridized carbons (Fsp3) is 0.571. The highest BCUT2D eigenvalue weighted by Gasteiger charge is 2.08. The molecule has 0 aliphatic heterocycles. The lowest BCUT2D eigenvalue weighted by molar-refractivity contribution is 0.0213. The topological polar surface area (TPSA) is 49.7 Å². The van der Waals surface area contributed by atoms with Crippen LogP contribution >= 0.6 is 0 Å². The second kappa shape index (κ2) is 9.16. The summed E-state index contributed by atoms with van der Waals surface area (Å²) in [5.74, 6) is 0. The van der Waals surface area contributed by atoms with Gasteiger partial charge in [-0.15, -0.1) is 0 Å². The lowest BCUT2D eigenvalue weighted by atomic mass is 10.1. The van der Waals surface area contributed by atoms with Crippen molar-refractivity contribution in [3.05, 3.63) is 35.9 Å². The highest BCUT2D eigenvalue weighted by Crippen LogP contribution is 2.12. The summed E-state index contributed by atoms with van der Waals surface area (Å²) < 4.78 is 5.81. The van der Waals surface area contributed by atoms with E-state index in [-0.39, 0.29) is 19.3 Å². The van der Waals surface area contributed by atoms with Crippen molar-refractivity contribution in [3.8, 4) is 0 Å². The zero-order valence-corrected chi connectivity index (χ0v) is 10.2. The van der Waals surface area contributed by atoms with E-state index in [9.17, 15) is 0 Å². The van der Waals surface area contributed by atoms with E-state index in [4.69, 9.17) is 14.9 Å². The van der Waals surface area contributed by atoms with Crippen LogP contribution in [0.1, 0.15) is 31.2 Å². The number of benzene rings is 1. The van der Waals surface area contributed by atoms with Crippen LogP contribution in [0, 0.1) is 0 Å². The molecule has 0 amide bonds. The van der Waals surface area contributed by atoms with E-state index < -0.39 is 0 Å². The average molecular weight is 238 g/mol. The fourth-order valence-corrected chi connectivity index (χ4v) is 1.74. The van der Waals surface area contributed by atoms with Gasteiger partial charge in [0.15, 0.2) is 0 Å². The number of ether oxygens (including phenoxy) is 1. The van der Waals surface area contributed by atoms with Crippen molar-refractivity contribution in [2.45, 2.75) is 38.4 Å². The van der Waals surface area contributed by atoms with Gasteiger partial charge in [-0.05, 0) is 31.2 Å². The Balaban J connectivity index is 2.31. The van der Waals surface area contributed by atoms with E-state index in [0.717, 1.165) is 31.2 Å². The molecule has 0 fully saturated rings. The quantitative estimate of drug-likeness (QED) is 0.693. The van der Waals surface area contributed by atoms with Crippen LogP contribution in [-0.2, 0) is 11.3 Å². The molecule has 3 nitrogen and oxygen atoms in total. The van der Waals surface area contributed by atoms with Crippen LogP contribution in [0.3, 0.4) is 0 Å². The molecule has 17 heavy (non-hydrogen) atoms. The normalized spacial score (nSPS) is 11.0. The van der Waals surface area contributed by atoms with E-state index in [1.165, 1.54) is 0 Å². The summed E-state index contributed by atoms with van der Waals surface area (Å²) in [4.78, 5) is 0. The van der Waals surface area contributed by atoms with Gasteiger partial charge >= 0.3 is 0 Å². The fourth-order valence-electron chi connectivity index (χ4n) is 1.74. The van der Waals surface area contributed by atoms with Crippen molar-refractivity contribution < 1.29 is 14.9 Å². The maximum Gasteiger partial charge on any atom is 0.0720 e. The zero-order valence-electron chi connectivity index (χ0n) is 10.2.